The van der Waals surface area contributed by atoms with Gasteiger partial charge in [0.05, 0.1) is 19.8 Å². The lowest BCUT2D eigenvalue weighted by molar-refractivity contribution is -0.117. The first-order chi connectivity index (χ1) is 15.7. The van der Waals surface area contributed by atoms with Crippen LogP contribution in [-0.2, 0) is 16.1 Å². The van der Waals surface area contributed by atoms with Crippen LogP contribution in [0.4, 0.5) is 17.1 Å². The van der Waals surface area contributed by atoms with Gasteiger partial charge in [-0.2, -0.15) is 0 Å². The second kappa shape index (κ2) is 11.3. The molecule has 2 aliphatic rings. The van der Waals surface area contributed by atoms with Gasteiger partial charge in [0.25, 0.3) is 0 Å². The van der Waals surface area contributed by atoms with Crippen LogP contribution in [-0.4, -0.2) is 63.8 Å². The molecule has 2 fully saturated rings. The zero-order valence-electron chi connectivity index (χ0n) is 19.3. The number of amides is 1. The van der Waals surface area contributed by atoms with Crippen molar-refractivity contribution in [3.8, 4) is 0 Å². The van der Waals surface area contributed by atoms with Crippen molar-refractivity contribution in [2.24, 2.45) is 0 Å². The smallest absolute Gasteiger partial charge is 0.238 e. The molecule has 0 saturated carbocycles. The molecule has 0 spiro atoms. The van der Waals surface area contributed by atoms with Gasteiger partial charge in [0.1, 0.15) is 0 Å². The summed E-state index contributed by atoms with van der Waals surface area (Å²) in [7, 11) is 2.00. The van der Waals surface area contributed by atoms with Crippen molar-refractivity contribution < 1.29 is 9.53 Å². The first kappa shape index (κ1) is 22.6. The highest BCUT2D eigenvalue weighted by Crippen LogP contribution is 2.23. The number of likely N-dealkylation sites (N-methyl/N-ethyl adjacent to an activating group) is 1. The monoisotopic (exact) mass is 436 g/mol. The topological polar surface area (TPSA) is 48.1 Å². The third-order valence-electron chi connectivity index (χ3n) is 6.32. The minimum atomic E-state index is 0.0128. The van der Waals surface area contributed by atoms with Gasteiger partial charge < -0.3 is 19.9 Å². The SMILES string of the molecule is CN(CC(=O)Nc1ccc(N2CCCCCC2)cc1)Cc1ccccc1N1CCOCC1. The fourth-order valence-electron chi connectivity index (χ4n) is 4.63. The average molecular weight is 437 g/mol. The molecule has 0 unspecified atom stereocenters. The van der Waals surface area contributed by atoms with Crippen LogP contribution < -0.4 is 15.1 Å². The zero-order chi connectivity index (χ0) is 22.2. The Bertz CT molecular complexity index is 856. The molecule has 6 heteroatoms. The van der Waals surface area contributed by atoms with E-state index in [2.05, 4.69) is 56.4 Å². The molecule has 0 atom stereocenters. The van der Waals surface area contributed by atoms with E-state index in [1.807, 2.05) is 19.2 Å². The molecule has 0 radical (unpaired) electrons. The summed E-state index contributed by atoms with van der Waals surface area (Å²) in [6, 6.07) is 16.8. The van der Waals surface area contributed by atoms with Crippen LogP contribution in [0.25, 0.3) is 0 Å². The van der Waals surface area contributed by atoms with Crippen LogP contribution in [0, 0.1) is 0 Å². The summed E-state index contributed by atoms with van der Waals surface area (Å²) >= 11 is 0. The standard InChI is InChI=1S/C26H36N4O2/c1-28(20-22-8-4-5-9-25(22)30-16-18-32-19-17-30)21-26(31)27-23-10-12-24(13-11-23)29-14-6-2-3-7-15-29/h4-5,8-13H,2-3,6-7,14-21H2,1H3,(H,27,31). The minimum Gasteiger partial charge on any atom is -0.378 e. The predicted octanol–water partition coefficient (Wildman–Crippen LogP) is 3.97. The van der Waals surface area contributed by atoms with Gasteiger partial charge in [-0.25, -0.2) is 0 Å². The normalized spacial score (nSPS) is 17.3. The molecule has 2 aliphatic heterocycles. The van der Waals surface area contributed by atoms with E-state index in [0.29, 0.717) is 6.54 Å². The second-order valence-electron chi connectivity index (χ2n) is 8.90. The quantitative estimate of drug-likeness (QED) is 0.712. The molecule has 2 aromatic rings. The molecular weight excluding hydrogens is 400 g/mol. The van der Waals surface area contributed by atoms with Crippen molar-refractivity contribution in [2.45, 2.75) is 32.2 Å². The van der Waals surface area contributed by atoms with E-state index in [9.17, 15) is 4.79 Å². The van der Waals surface area contributed by atoms with Crippen molar-refractivity contribution >= 4 is 23.0 Å². The molecule has 2 heterocycles. The van der Waals surface area contributed by atoms with Crippen molar-refractivity contribution in [2.75, 3.05) is 68.1 Å². The summed E-state index contributed by atoms with van der Waals surface area (Å²) in [6.45, 7) is 6.69. The van der Waals surface area contributed by atoms with Crippen LogP contribution in [0.2, 0.25) is 0 Å². The summed E-state index contributed by atoms with van der Waals surface area (Å²) in [5.41, 5.74) is 4.59. The first-order valence-electron chi connectivity index (χ1n) is 11.9. The van der Waals surface area contributed by atoms with E-state index >= 15 is 0 Å². The number of anilines is 3. The van der Waals surface area contributed by atoms with E-state index in [0.717, 1.165) is 51.6 Å². The summed E-state index contributed by atoms with van der Waals surface area (Å²) in [5.74, 6) is 0.0128. The lowest BCUT2D eigenvalue weighted by atomic mass is 10.1. The molecule has 0 bridgehead atoms. The largest absolute Gasteiger partial charge is 0.378 e. The molecule has 4 rings (SSSR count). The van der Waals surface area contributed by atoms with Crippen LogP contribution >= 0.6 is 0 Å². The van der Waals surface area contributed by atoms with Crippen LogP contribution in [0.1, 0.15) is 31.2 Å². The van der Waals surface area contributed by atoms with Gasteiger partial charge in [-0.3, -0.25) is 9.69 Å². The molecule has 2 aromatic carbocycles. The summed E-state index contributed by atoms with van der Waals surface area (Å²) in [5, 5.41) is 3.05. The Balaban J connectivity index is 1.30. The summed E-state index contributed by atoms with van der Waals surface area (Å²) in [6.07, 6.45) is 5.18. The Morgan fingerprint density at radius 3 is 2.31 bits per heavy atom. The lowest BCUT2D eigenvalue weighted by Crippen LogP contribution is -2.37. The van der Waals surface area contributed by atoms with Crippen molar-refractivity contribution in [1.82, 2.24) is 4.90 Å². The molecule has 172 valence electrons. The molecule has 1 amide bonds. The van der Waals surface area contributed by atoms with Crippen molar-refractivity contribution in [3.63, 3.8) is 0 Å². The van der Waals surface area contributed by atoms with E-state index < -0.39 is 0 Å². The Morgan fingerprint density at radius 2 is 1.59 bits per heavy atom. The number of carbonyl (C=O) groups excluding carboxylic acids is 1. The molecular formula is C26H36N4O2. The van der Waals surface area contributed by atoms with E-state index in [1.165, 1.54) is 42.6 Å². The number of carbonyl (C=O) groups is 1. The number of nitrogens with zero attached hydrogens (tertiary/aromatic N) is 3. The fraction of sp³-hybridized carbons (Fsp3) is 0.500. The van der Waals surface area contributed by atoms with Gasteiger partial charge in [-0.05, 0) is 55.8 Å². The lowest BCUT2D eigenvalue weighted by Gasteiger charge is -2.31. The van der Waals surface area contributed by atoms with Crippen molar-refractivity contribution in [1.29, 1.82) is 0 Å². The molecule has 1 N–H and O–H groups in total. The van der Waals surface area contributed by atoms with E-state index in [1.54, 1.807) is 0 Å². The average Bonchev–Trinajstić information content (AvgIpc) is 3.10. The molecule has 6 nitrogen and oxygen atoms in total. The van der Waals surface area contributed by atoms with Gasteiger partial charge in [-0.1, -0.05) is 31.0 Å². The van der Waals surface area contributed by atoms with Gasteiger partial charge in [0.2, 0.25) is 5.91 Å². The number of hydrogen-bond donors (Lipinski definition) is 1. The highest BCUT2D eigenvalue weighted by Gasteiger charge is 2.16. The van der Waals surface area contributed by atoms with Crippen molar-refractivity contribution in [3.05, 3.63) is 54.1 Å². The fourth-order valence-corrected chi connectivity index (χ4v) is 4.63. The summed E-state index contributed by atoms with van der Waals surface area (Å²) < 4.78 is 5.49. The Morgan fingerprint density at radius 1 is 0.906 bits per heavy atom. The van der Waals surface area contributed by atoms with Crippen LogP contribution in [0.3, 0.4) is 0 Å². The molecule has 32 heavy (non-hydrogen) atoms. The highest BCUT2D eigenvalue weighted by atomic mass is 16.5. The van der Waals surface area contributed by atoms with Gasteiger partial charge in [0, 0.05) is 49.8 Å². The Kier molecular flexibility index (Phi) is 8.02. The number of morpholine rings is 1. The third kappa shape index (κ3) is 6.24. The molecule has 2 saturated heterocycles. The number of benzene rings is 2. The van der Waals surface area contributed by atoms with Gasteiger partial charge in [0.15, 0.2) is 0 Å². The highest BCUT2D eigenvalue weighted by molar-refractivity contribution is 5.92. The maximum absolute atomic E-state index is 12.6. The Hall–Kier alpha value is -2.57. The van der Waals surface area contributed by atoms with E-state index in [-0.39, 0.29) is 5.91 Å². The van der Waals surface area contributed by atoms with Crippen LogP contribution in [0.15, 0.2) is 48.5 Å². The first-order valence-corrected chi connectivity index (χ1v) is 11.9. The van der Waals surface area contributed by atoms with E-state index in [4.69, 9.17) is 4.74 Å². The van der Waals surface area contributed by atoms with Gasteiger partial charge in [-0.15, -0.1) is 0 Å². The maximum Gasteiger partial charge on any atom is 0.238 e. The maximum atomic E-state index is 12.6. The summed E-state index contributed by atoms with van der Waals surface area (Å²) in [4.78, 5) is 19.5. The van der Waals surface area contributed by atoms with Crippen LogP contribution in [0.5, 0.6) is 0 Å². The predicted molar refractivity (Wildman–Crippen MR) is 132 cm³/mol. The number of rotatable bonds is 7. The number of nitrogens with one attached hydrogen (secondary N) is 1. The Labute approximate surface area is 192 Å². The molecule has 0 aliphatic carbocycles. The third-order valence-corrected chi connectivity index (χ3v) is 6.32. The number of ether oxygens (including phenoxy) is 1. The zero-order valence-corrected chi connectivity index (χ0v) is 19.3. The minimum absolute atomic E-state index is 0.0128. The molecule has 0 aromatic heterocycles. The number of para-hydroxylation sites is 1. The number of hydrogen-bond acceptors (Lipinski definition) is 5. The van der Waals surface area contributed by atoms with Gasteiger partial charge >= 0.3 is 0 Å². The second-order valence-corrected chi connectivity index (χ2v) is 8.90.